The van der Waals surface area contributed by atoms with Gasteiger partial charge in [-0.1, -0.05) is 26.2 Å². The van der Waals surface area contributed by atoms with E-state index in [1.165, 1.54) is 25.0 Å². The first-order chi connectivity index (χ1) is 17.3. The SMILES string of the molecule is CCCCN1C(=O)c2cc(C(=O)Nc3cc(OC)ccc3OC)nn2C[C@]1(C)C(=O)NC1CCCC1. The second kappa shape index (κ2) is 10.6. The molecule has 4 rings (SSSR count). The van der Waals surface area contributed by atoms with E-state index in [1.54, 1.807) is 30.0 Å². The lowest BCUT2D eigenvalue weighted by molar-refractivity contribution is -0.133. The maximum atomic E-state index is 13.6. The highest BCUT2D eigenvalue weighted by atomic mass is 16.5. The van der Waals surface area contributed by atoms with Crippen molar-refractivity contribution in [1.82, 2.24) is 20.0 Å². The molecule has 0 bridgehead atoms. The number of carbonyl (C=O) groups is 3. The Morgan fingerprint density at radius 1 is 1.17 bits per heavy atom. The Kier molecular flexibility index (Phi) is 7.51. The third-order valence-electron chi connectivity index (χ3n) is 7.10. The Labute approximate surface area is 211 Å². The van der Waals surface area contributed by atoms with Crippen molar-refractivity contribution in [3.63, 3.8) is 0 Å². The molecule has 2 heterocycles. The molecule has 36 heavy (non-hydrogen) atoms. The Bertz CT molecular complexity index is 1140. The predicted molar refractivity (Wildman–Crippen MR) is 134 cm³/mol. The van der Waals surface area contributed by atoms with Gasteiger partial charge in [0.05, 0.1) is 26.5 Å². The van der Waals surface area contributed by atoms with Crippen LogP contribution in [0.1, 0.15) is 73.3 Å². The Morgan fingerprint density at radius 2 is 1.92 bits per heavy atom. The molecular weight excluding hydrogens is 462 g/mol. The second-order valence-electron chi connectivity index (χ2n) is 9.63. The van der Waals surface area contributed by atoms with Crippen LogP contribution in [0, 0.1) is 0 Å². The van der Waals surface area contributed by atoms with Gasteiger partial charge < -0.3 is 25.0 Å². The third-order valence-corrected chi connectivity index (χ3v) is 7.10. The van der Waals surface area contributed by atoms with Gasteiger partial charge in [0, 0.05) is 24.7 Å². The maximum absolute atomic E-state index is 13.6. The molecule has 194 valence electrons. The summed E-state index contributed by atoms with van der Waals surface area (Å²) in [6.07, 6.45) is 5.76. The lowest BCUT2D eigenvalue weighted by Gasteiger charge is -2.43. The summed E-state index contributed by atoms with van der Waals surface area (Å²) in [5.41, 5.74) is -0.305. The molecule has 0 saturated heterocycles. The standard InChI is InChI=1S/C26H35N5O5/c1-5-6-13-30-24(33)21-15-20(23(32)28-19-14-18(35-3)11-12-22(19)36-4)29-31(21)16-26(30,2)25(34)27-17-9-7-8-10-17/h11-12,14-15,17H,5-10,13,16H2,1-4H3,(H,27,34)(H,28,32)/t26-/m1/s1. The summed E-state index contributed by atoms with van der Waals surface area (Å²) in [7, 11) is 3.04. The summed E-state index contributed by atoms with van der Waals surface area (Å²) in [5.74, 6) is 0.0528. The summed E-state index contributed by atoms with van der Waals surface area (Å²) < 4.78 is 12.1. The van der Waals surface area contributed by atoms with E-state index in [4.69, 9.17) is 9.47 Å². The van der Waals surface area contributed by atoms with Crippen LogP contribution in [-0.2, 0) is 11.3 Å². The number of carbonyl (C=O) groups excluding carboxylic acids is 3. The molecule has 1 aliphatic carbocycles. The van der Waals surface area contributed by atoms with Crippen molar-refractivity contribution < 1.29 is 23.9 Å². The van der Waals surface area contributed by atoms with Crippen LogP contribution in [0.5, 0.6) is 11.5 Å². The highest BCUT2D eigenvalue weighted by molar-refractivity contribution is 6.06. The average Bonchev–Trinajstić information content (AvgIpc) is 3.54. The van der Waals surface area contributed by atoms with E-state index in [2.05, 4.69) is 15.7 Å². The maximum Gasteiger partial charge on any atom is 0.276 e. The number of benzene rings is 1. The number of anilines is 1. The highest BCUT2D eigenvalue weighted by Crippen LogP contribution is 2.31. The monoisotopic (exact) mass is 497 g/mol. The van der Waals surface area contributed by atoms with Gasteiger partial charge in [-0.2, -0.15) is 5.10 Å². The first-order valence-corrected chi connectivity index (χ1v) is 12.5. The van der Waals surface area contributed by atoms with Gasteiger partial charge in [-0.25, -0.2) is 0 Å². The van der Waals surface area contributed by atoms with Gasteiger partial charge in [0.2, 0.25) is 5.91 Å². The number of unbranched alkanes of at least 4 members (excludes halogenated alkanes) is 1. The second-order valence-corrected chi connectivity index (χ2v) is 9.63. The smallest absolute Gasteiger partial charge is 0.276 e. The number of ether oxygens (including phenoxy) is 2. The quantitative estimate of drug-likeness (QED) is 0.550. The molecule has 2 N–H and O–H groups in total. The molecule has 1 fully saturated rings. The topological polar surface area (TPSA) is 115 Å². The zero-order chi connectivity index (χ0) is 25.9. The van der Waals surface area contributed by atoms with Gasteiger partial charge in [0.15, 0.2) is 5.69 Å². The van der Waals surface area contributed by atoms with E-state index in [1.807, 2.05) is 6.92 Å². The molecule has 1 aliphatic heterocycles. The number of nitrogens with zero attached hydrogens (tertiary/aromatic N) is 3. The fourth-order valence-electron chi connectivity index (χ4n) is 4.93. The van der Waals surface area contributed by atoms with E-state index in [-0.39, 0.29) is 30.1 Å². The van der Waals surface area contributed by atoms with Crippen LogP contribution in [0.2, 0.25) is 0 Å². The van der Waals surface area contributed by atoms with Crippen LogP contribution < -0.4 is 20.1 Å². The van der Waals surface area contributed by atoms with Gasteiger partial charge in [-0.3, -0.25) is 19.1 Å². The lowest BCUT2D eigenvalue weighted by atomic mass is 9.94. The van der Waals surface area contributed by atoms with Crippen molar-refractivity contribution in [2.45, 2.75) is 70.5 Å². The number of fused-ring (bicyclic) bond motifs is 1. The van der Waals surface area contributed by atoms with Crippen molar-refractivity contribution in [2.75, 3.05) is 26.1 Å². The van der Waals surface area contributed by atoms with Gasteiger partial charge in [-0.05, 0) is 38.3 Å². The van der Waals surface area contributed by atoms with Crippen LogP contribution in [0.4, 0.5) is 5.69 Å². The molecule has 2 aromatic rings. The number of hydrogen-bond donors (Lipinski definition) is 2. The molecule has 2 aliphatic rings. The van der Waals surface area contributed by atoms with E-state index in [9.17, 15) is 14.4 Å². The summed E-state index contributed by atoms with van der Waals surface area (Å²) in [6, 6.07) is 6.68. The van der Waals surface area contributed by atoms with E-state index in [0.29, 0.717) is 29.4 Å². The molecule has 10 nitrogen and oxygen atoms in total. The van der Waals surface area contributed by atoms with Crippen molar-refractivity contribution in [3.8, 4) is 11.5 Å². The molecule has 0 unspecified atom stereocenters. The fraction of sp³-hybridized carbons (Fsp3) is 0.538. The summed E-state index contributed by atoms with van der Waals surface area (Å²) in [4.78, 5) is 41.8. The summed E-state index contributed by atoms with van der Waals surface area (Å²) >= 11 is 0. The van der Waals surface area contributed by atoms with E-state index in [0.717, 1.165) is 38.5 Å². The number of amides is 3. The highest BCUT2D eigenvalue weighted by Gasteiger charge is 2.48. The molecule has 0 spiro atoms. The fourth-order valence-corrected chi connectivity index (χ4v) is 4.93. The first-order valence-electron chi connectivity index (χ1n) is 12.5. The van der Waals surface area contributed by atoms with Crippen LogP contribution >= 0.6 is 0 Å². The summed E-state index contributed by atoms with van der Waals surface area (Å²) in [6.45, 7) is 4.46. The number of hydrogen-bond acceptors (Lipinski definition) is 6. The number of nitrogens with one attached hydrogen (secondary N) is 2. The van der Waals surface area contributed by atoms with E-state index < -0.39 is 11.4 Å². The van der Waals surface area contributed by atoms with Crippen molar-refractivity contribution >= 4 is 23.4 Å². The molecule has 10 heteroatoms. The Morgan fingerprint density at radius 3 is 2.58 bits per heavy atom. The van der Waals surface area contributed by atoms with Gasteiger partial charge in [0.25, 0.3) is 11.8 Å². The average molecular weight is 498 g/mol. The zero-order valence-corrected chi connectivity index (χ0v) is 21.4. The minimum absolute atomic E-state index is 0.0825. The zero-order valence-electron chi connectivity index (χ0n) is 21.4. The van der Waals surface area contributed by atoms with Crippen molar-refractivity contribution in [1.29, 1.82) is 0 Å². The minimum atomic E-state index is -1.10. The van der Waals surface area contributed by atoms with Gasteiger partial charge >= 0.3 is 0 Å². The largest absolute Gasteiger partial charge is 0.497 e. The number of rotatable bonds is 9. The van der Waals surface area contributed by atoms with Crippen molar-refractivity contribution in [2.24, 2.45) is 0 Å². The molecule has 1 atom stereocenters. The molecule has 1 aromatic carbocycles. The first kappa shape index (κ1) is 25.5. The molecular formula is C26H35N5O5. The van der Waals surface area contributed by atoms with Gasteiger partial charge in [-0.15, -0.1) is 0 Å². The Balaban J connectivity index is 1.61. The molecule has 1 aromatic heterocycles. The molecule has 0 radical (unpaired) electrons. The van der Waals surface area contributed by atoms with Crippen LogP contribution in [-0.4, -0.2) is 64.7 Å². The molecule has 3 amide bonds. The van der Waals surface area contributed by atoms with E-state index >= 15 is 0 Å². The van der Waals surface area contributed by atoms with Crippen LogP contribution in [0.25, 0.3) is 0 Å². The number of methoxy groups -OCH3 is 2. The predicted octanol–water partition coefficient (Wildman–Crippen LogP) is 3.23. The normalized spacial score (nSPS) is 19.7. The number of aromatic nitrogens is 2. The van der Waals surface area contributed by atoms with Crippen molar-refractivity contribution in [3.05, 3.63) is 35.7 Å². The van der Waals surface area contributed by atoms with Crippen LogP contribution in [0.3, 0.4) is 0 Å². The molecule has 1 saturated carbocycles. The van der Waals surface area contributed by atoms with Crippen LogP contribution in [0.15, 0.2) is 24.3 Å². The third kappa shape index (κ3) is 4.89. The minimum Gasteiger partial charge on any atom is -0.497 e. The lowest BCUT2D eigenvalue weighted by Crippen LogP contribution is -2.65. The summed E-state index contributed by atoms with van der Waals surface area (Å²) in [5, 5.41) is 10.4. The van der Waals surface area contributed by atoms with Gasteiger partial charge in [0.1, 0.15) is 22.7 Å². The Hall–Kier alpha value is -3.56.